The van der Waals surface area contributed by atoms with E-state index in [1.807, 2.05) is 0 Å². The Morgan fingerprint density at radius 3 is 1.51 bits per heavy atom. The van der Waals surface area contributed by atoms with Gasteiger partial charge in [-0.05, 0) is 37.1 Å². The predicted molar refractivity (Wildman–Crippen MR) is 169 cm³/mol. The van der Waals surface area contributed by atoms with Gasteiger partial charge < -0.3 is 24.7 Å². The molecule has 2 aromatic carbocycles. The maximum Gasteiger partial charge on any atom is 0.311 e. The maximum absolute atomic E-state index is 13.0. The molecular weight excluding hydrogens is 586 g/mol. The molecule has 0 aliphatic rings. The molecule has 0 aliphatic carbocycles. The van der Waals surface area contributed by atoms with Crippen LogP contribution in [0.25, 0.3) is 0 Å². The predicted octanol–water partition coefficient (Wildman–Crippen LogP) is 6.08. The summed E-state index contributed by atoms with van der Waals surface area (Å²) in [4.78, 5) is 48.5. The van der Waals surface area contributed by atoms with Crippen LogP contribution in [-0.4, -0.2) is 69.9 Å². The third-order valence-corrected chi connectivity index (χ3v) is 5.49. The zero-order valence-corrected chi connectivity index (χ0v) is 25.4. The van der Waals surface area contributed by atoms with E-state index in [1.54, 1.807) is 34.1 Å². The molecule has 0 saturated carbocycles. The van der Waals surface area contributed by atoms with Crippen LogP contribution in [0.15, 0.2) is 99.2 Å². The minimum Gasteiger partial charge on any atom is -0.508 e. The fourth-order valence-corrected chi connectivity index (χ4v) is 3.46. The summed E-state index contributed by atoms with van der Waals surface area (Å²) in [6.45, 7) is 16.1. The van der Waals surface area contributed by atoms with Crippen LogP contribution in [0.1, 0.15) is 38.5 Å². The molecule has 0 bridgehead atoms. The van der Waals surface area contributed by atoms with Crippen LogP contribution in [0, 0.1) is 11.6 Å². The van der Waals surface area contributed by atoms with Gasteiger partial charge in [0.1, 0.15) is 23.1 Å². The Balaban J connectivity index is 0.000000721. The molecule has 0 atom stereocenters. The highest BCUT2D eigenvalue weighted by atomic mass is 19.1. The molecule has 0 aliphatic heterocycles. The van der Waals surface area contributed by atoms with Crippen LogP contribution in [0.4, 0.5) is 8.78 Å². The number of phenolic OH excluding ortho intramolecular Hbond substituents is 1. The first-order chi connectivity index (χ1) is 21.5. The molecule has 244 valence electrons. The number of carboxylic acids is 1. The summed E-state index contributed by atoms with van der Waals surface area (Å²) in [6, 6.07) is 10.6. The summed E-state index contributed by atoms with van der Waals surface area (Å²) in [7, 11) is 0. The van der Waals surface area contributed by atoms with Crippen molar-refractivity contribution in [2.45, 2.75) is 38.5 Å². The topological polar surface area (TPSA) is 124 Å². The van der Waals surface area contributed by atoms with Crippen molar-refractivity contribution in [1.82, 2.24) is 9.80 Å². The van der Waals surface area contributed by atoms with Crippen molar-refractivity contribution in [3.63, 3.8) is 0 Å². The van der Waals surface area contributed by atoms with Gasteiger partial charge in [0.15, 0.2) is 0 Å². The number of amides is 2. The first kappa shape index (κ1) is 39.9. The summed E-state index contributed by atoms with van der Waals surface area (Å²) in [5.41, 5.74) is 0. The lowest BCUT2D eigenvalue weighted by Gasteiger charge is -2.18. The second-order valence-corrected chi connectivity index (χ2v) is 9.26. The standard InChI is InChI=1S/C17H20FNO3.C11H17NO3.C6H5FO/c1-3-11-19(12-4-2)16(20)9-6-10-17(21)22-15-8-5-7-14(18)13-15;1-3-8-12(9-4-2)10(13)6-5-7-11(14)15;7-5-2-1-3-6(8)4-5/h3-5,7-8,13H,1-2,6,9-12H2;3-4H,1-2,5-9H2,(H,14,15);1-4,8H. The van der Waals surface area contributed by atoms with E-state index in [0.717, 1.165) is 12.1 Å². The fourth-order valence-electron chi connectivity index (χ4n) is 3.46. The quantitative estimate of drug-likeness (QED) is 0.124. The summed E-state index contributed by atoms with van der Waals surface area (Å²) in [6.07, 6.45) is 7.92. The summed E-state index contributed by atoms with van der Waals surface area (Å²) >= 11 is 0. The Kier molecular flexibility index (Phi) is 21.6. The lowest BCUT2D eigenvalue weighted by molar-refractivity contribution is -0.138. The lowest BCUT2D eigenvalue weighted by Crippen LogP contribution is -2.31. The average molecular weight is 629 g/mol. The Bertz CT molecular complexity index is 1230. The summed E-state index contributed by atoms with van der Waals surface area (Å²) < 4.78 is 30.0. The Morgan fingerprint density at radius 1 is 0.689 bits per heavy atom. The number of aromatic hydroxyl groups is 1. The highest BCUT2D eigenvalue weighted by Crippen LogP contribution is 2.13. The highest BCUT2D eigenvalue weighted by molar-refractivity contribution is 5.78. The van der Waals surface area contributed by atoms with Gasteiger partial charge in [-0.25, -0.2) is 8.78 Å². The maximum atomic E-state index is 13.0. The number of carboxylic acid groups (broad SMARTS) is 1. The molecule has 0 fully saturated rings. The molecule has 2 aromatic rings. The van der Waals surface area contributed by atoms with Crippen molar-refractivity contribution in [3.05, 3.63) is 111 Å². The first-order valence-corrected chi connectivity index (χ1v) is 14.1. The zero-order valence-electron chi connectivity index (χ0n) is 25.4. The number of carbonyl (C=O) groups excluding carboxylic acids is 3. The van der Waals surface area contributed by atoms with Gasteiger partial charge >= 0.3 is 11.9 Å². The largest absolute Gasteiger partial charge is 0.508 e. The summed E-state index contributed by atoms with van der Waals surface area (Å²) in [5, 5.41) is 17.0. The molecule has 45 heavy (non-hydrogen) atoms. The molecule has 2 N–H and O–H groups in total. The number of halogens is 2. The molecule has 2 amide bonds. The number of hydrogen-bond donors (Lipinski definition) is 2. The van der Waals surface area contributed by atoms with Gasteiger partial charge in [0.25, 0.3) is 0 Å². The van der Waals surface area contributed by atoms with Crippen LogP contribution in [0.3, 0.4) is 0 Å². The van der Waals surface area contributed by atoms with E-state index in [1.165, 1.54) is 36.4 Å². The van der Waals surface area contributed by atoms with E-state index in [9.17, 15) is 28.0 Å². The number of hydrogen-bond acceptors (Lipinski definition) is 6. The number of phenols is 1. The molecule has 0 saturated heterocycles. The molecule has 9 nitrogen and oxygen atoms in total. The third kappa shape index (κ3) is 20.5. The molecule has 0 aromatic heterocycles. The Hall–Kier alpha value is -5.06. The van der Waals surface area contributed by atoms with Gasteiger partial charge in [0, 0.05) is 64.0 Å². The van der Waals surface area contributed by atoms with Gasteiger partial charge in [-0.2, -0.15) is 0 Å². The summed E-state index contributed by atoms with van der Waals surface area (Å²) in [5.74, 6) is -2.25. The zero-order chi connectivity index (χ0) is 34.0. The molecule has 0 radical (unpaired) electrons. The first-order valence-electron chi connectivity index (χ1n) is 14.1. The number of carbonyl (C=O) groups is 4. The molecule has 0 heterocycles. The number of rotatable bonds is 17. The monoisotopic (exact) mass is 628 g/mol. The average Bonchev–Trinajstić information content (AvgIpc) is 2.97. The smallest absolute Gasteiger partial charge is 0.311 e. The van der Waals surface area contributed by atoms with Crippen molar-refractivity contribution >= 4 is 23.8 Å². The van der Waals surface area contributed by atoms with Crippen molar-refractivity contribution < 1.29 is 42.9 Å². The van der Waals surface area contributed by atoms with Gasteiger partial charge in [-0.15, -0.1) is 26.3 Å². The number of benzene rings is 2. The van der Waals surface area contributed by atoms with Crippen molar-refractivity contribution in [3.8, 4) is 11.5 Å². The van der Waals surface area contributed by atoms with Crippen LogP contribution >= 0.6 is 0 Å². The van der Waals surface area contributed by atoms with E-state index >= 15 is 0 Å². The highest BCUT2D eigenvalue weighted by Gasteiger charge is 2.13. The van der Waals surface area contributed by atoms with E-state index in [2.05, 4.69) is 26.3 Å². The third-order valence-electron chi connectivity index (χ3n) is 5.49. The number of nitrogens with zero attached hydrogens (tertiary/aromatic N) is 2. The Morgan fingerprint density at radius 2 is 1.13 bits per heavy atom. The van der Waals surface area contributed by atoms with E-state index in [0.29, 0.717) is 39.0 Å². The van der Waals surface area contributed by atoms with E-state index in [4.69, 9.17) is 14.9 Å². The van der Waals surface area contributed by atoms with E-state index in [-0.39, 0.29) is 49.0 Å². The van der Waals surface area contributed by atoms with E-state index < -0.39 is 23.6 Å². The number of aliphatic carboxylic acids is 1. The van der Waals surface area contributed by atoms with Crippen LogP contribution in [0.5, 0.6) is 11.5 Å². The molecule has 0 unspecified atom stereocenters. The number of ether oxygens (including phenoxy) is 1. The lowest BCUT2D eigenvalue weighted by atomic mass is 10.2. The van der Waals surface area contributed by atoms with Crippen molar-refractivity contribution in [1.29, 1.82) is 0 Å². The minimum absolute atomic E-state index is 0.0295. The van der Waals surface area contributed by atoms with Crippen LogP contribution in [0.2, 0.25) is 0 Å². The molecule has 2 rings (SSSR count). The van der Waals surface area contributed by atoms with Crippen LogP contribution < -0.4 is 4.74 Å². The molecular formula is C34H42F2N2O7. The van der Waals surface area contributed by atoms with Gasteiger partial charge in [-0.3, -0.25) is 19.2 Å². The molecule has 11 heteroatoms. The minimum atomic E-state index is -0.873. The fraction of sp³-hybridized carbons (Fsp3) is 0.294. The Labute approximate surface area is 263 Å². The van der Waals surface area contributed by atoms with Crippen molar-refractivity contribution in [2.24, 2.45) is 0 Å². The second-order valence-electron chi connectivity index (χ2n) is 9.26. The van der Waals surface area contributed by atoms with Crippen LogP contribution in [-0.2, 0) is 19.2 Å². The second kappa shape index (κ2) is 24.4. The SMILES string of the molecule is C=CCN(CC=C)C(=O)CCCC(=O)O.C=CCN(CC=C)C(=O)CCCC(=O)Oc1cccc(F)c1.Oc1cccc(F)c1. The number of esters is 1. The normalized spacial score (nSPS) is 9.56. The molecule has 0 spiro atoms. The van der Waals surface area contributed by atoms with Gasteiger partial charge in [0.2, 0.25) is 11.8 Å². The van der Waals surface area contributed by atoms with Crippen molar-refractivity contribution in [2.75, 3.05) is 26.2 Å². The van der Waals surface area contributed by atoms with Gasteiger partial charge in [-0.1, -0.05) is 36.4 Å². The van der Waals surface area contributed by atoms with Gasteiger partial charge in [0.05, 0.1) is 0 Å².